The Morgan fingerprint density at radius 3 is 2.69 bits per heavy atom. The van der Waals surface area contributed by atoms with Gasteiger partial charge in [-0.05, 0) is 56.4 Å². The minimum Gasteiger partial charge on any atom is -0.396 e. The van der Waals surface area contributed by atoms with Gasteiger partial charge in [0.1, 0.15) is 17.0 Å². The second-order valence-electron chi connectivity index (χ2n) is 9.35. The lowest BCUT2D eigenvalue weighted by atomic mass is 9.84. The smallest absolute Gasteiger partial charge is 0.230 e. The van der Waals surface area contributed by atoms with E-state index in [9.17, 15) is 9.90 Å². The first-order valence-corrected chi connectivity index (χ1v) is 11.8. The Morgan fingerprint density at radius 1 is 1.19 bits per heavy atom. The molecule has 32 heavy (non-hydrogen) atoms. The van der Waals surface area contributed by atoms with Crippen LogP contribution in [0.25, 0.3) is 22.1 Å². The van der Waals surface area contributed by atoms with Crippen LogP contribution in [0, 0.1) is 23.2 Å². The zero-order chi connectivity index (χ0) is 22.1. The number of amides is 1. The Bertz CT molecular complexity index is 1140. The van der Waals surface area contributed by atoms with Gasteiger partial charge >= 0.3 is 0 Å². The van der Waals surface area contributed by atoms with E-state index in [0.29, 0.717) is 31.3 Å². The molecule has 8 heteroatoms. The molecule has 2 N–H and O–H groups in total. The van der Waals surface area contributed by atoms with E-state index in [1.807, 2.05) is 17.2 Å². The maximum atomic E-state index is 13.2. The number of fused-ring (bicyclic) bond motifs is 3. The molecule has 0 aromatic carbocycles. The Hall–Kier alpha value is -2.92. The lowest BCUT2D eigenvalue weighted by Gasteiger charge is -2.32. The number of aliphatic hydroxyl groups excluding tert-OH is 1. The SMILES string of the molecule is N#CCC1CCC(n2c(CC(=O)N3CCC(CO)CC3)nc3cnc4[nH]ccc4c32)CC1. The molecule has 1 amide bonds. The summed E-state index contributed by atoms with van der Waals surface area (Å²) in [6.07, 6.45) is 10.4. The molecule has 0 radical (unpaired) electrons. The van der Waals surface area contributed by atoms with Gasteiger partial charge in [0.25, 0.3) is 0 Å². The fourth-order valence-corrected chi connectivity index (χ4v) is 5.51. The molecule has 1 saturated carbocycles. The molecular formula is C24H30N6O2. The number of piperidine rings is 1. The minimum atomic E-state index is 0.106. The van der Waals surface area contributed by atoms with Crippen molar-refractivity contribution in [3.63, 3.8) is 0 Å². The Balaban J connectivity index is 1.46. The number of pyridine rings is 1. The van der Waals surface area contributed by atoms with Crippen molar-refractivity contribution in [3.8, 4) is 6.07 Å². The van der Waals surface area contributed by atoms with Crippen LogP contribution in [0.4, 0.5) is 0 Å². The number of nitrogens with one attached hydrogen (secondary N) is 1. The second kappa shape index (κ2) is 8.91. The normalized spacial score (nSPS) is 22.4. The molecule has 168 valence electrons. The van der Waals surface area contributed by atoms with Crippen molar-refractivity contribution < 1.29 is 9.90 Å². The number of aromatic nitrogens is 4. The van der Waals surface area contributed by atoms with Crippen LogP contribution in [0.2, 0.25) is 0 Å². The second-order valence-corrected chi connectivity index (χ2v) is 9.35. The molecule has 2 aliphatic rings. The Labute approximate surface area is 187 Å². The Kier molecular flexibility index (Phi) is 5.83. The predicted octanol–water partition coefficient (Wildman–Crippen LogP) is 3.33. The van der Waals surface area contributed by atoms with Gasteiger partial charge in [-0.15, -0.1) is 0 Å². The number of carbonyl (C=O) groups is 1. The highest BCUT2D eigenvalue weighted by molar-refractivity contribution is 6.01. The third kappa shape index (κ3) is 3.86. The van der Waals surface area contributed by atoms with E-state index in [1.54, 1.807) is 6.20 Å². The number of nitriles is 1. The first-order valence-electron chi connectivity index (χ1n) is 11.8. The van der Waals surface area contributed by atoms with Gasteiger partial charge in [-0.25, -0.2) is 9.97 Å². The van der Waals surface area contributed by atoms with Crippen molar-refractivity contribution >= 4 is 28.0 Å². The van der Waals surface area contributed by atoms with Crippen molar-refractivity contribution in [2.45, 2.75) is 57.4 Å². The molecule has 3 aromatic heterocycles. The summed E-state index contributed by atoms with van der Waals surface area (Å²) < 4.78 is 2.30. The van der Waals surface area contributed by atoms with Gasteiger partial charge in [0.15, 0.2) is 0 Å². The third-order valence-electron chi connectivity index (χ3n) is 7.40. The number of rotatable bonds is 5. The number of imidazole rings is 1. The molecule has 5 rings (SSSR count). The quantitative estimate of drug-likeness (QED) is 0.640. The maximum absolute atomic E-state index is 13.2. The molecule has 0 atom stereocenters. The number of H-pyrrole nitrogens is 1. The van der Waals surface area contributed by atoms with Crippen molar-refractivity contribution in [2.75, 3.05) is 19.7 Å². The van der Waals surface area contributed by atoms with Crippen molar-refractivity contribution in [2.24, 2.45) is 11.8 Å². The van der Waals surface area contributed by atoms with Crippen molar-refractivity contribution in [1.82, 2.24) is 24.4 Å². The molecule has 2 fully saturated rings. The number of carbonyl (C=O) groups excluding carboxylic acids is 1. The lowest BCUT2D eigenvalue weighted by molar-refractivity contribution is -0.132. The number of aromatic amines is 1. The summed E-state index contributed by atoms with van der Waals surface area (Å²) >= 11 is 0. The summed E-state index contributed by atoms with van der Waals surface area (Å²) in [6.45, 7) is 1.60. The summed E-state index contributed by atoms with van der Waals surface area (Å²) in [5, 5.41) is 19.5. The summed E-state index contributed by atoms with van der Waals surface area (Å²) in [5.41, 5.74) is 2.72. The van der Waals surface area contributed by atoms with Crippen LogP contribution >= 0.6 is 0 Å². The topological polar surface area (TPSA) is 111 Å². The van der Waals surface area contributed by atoms with Gasteiger partial charge in [0, 0.05) is 43.7 Å². The van der Waals surface area contributed by atoms with Crippen molar-refractivity contribution in [1.29, 1.82) is 5.26 Å². The molecule has 3 aromatic rings. The van der Waals surface area contributed by atoms with Gasteiger partial charge in [0.2, 0.25) is 5.91 Å². The van der Waals surface area contributed by atoms with E-state index >= 15 is 0 Å². The fourth-order valence-electron chi connectivity index (χ4n) is 5.51. The molecule has 0 spiro atoms. The molecule has 1 saturated heterocycles. The van der Waals surface area contributed by atoms with E-state index in [0.717, 1.165) is 66.4 Å². The van der Waals surface area contributed by atoms with Gasteiger partial charge in [0.05, 0.1) is 24.2 Å². The van der Waals surface area contributed by atoms with E-state index in [2.05, 4.69) is 20.6 Å². The average Bonchev–Trinajstić information content (AvgIpc) is 3.44. The van der Waals surface area contributed by atoms with Crippen LogP contribution in [-0.4, -0.2) is 55.1 Å². The highest BCUT2D eigenvalue weighted by atomic mass is 16.3. The Morgan fingerprint density at radius 2 is 1.97 bits per heavy atom. The maximum Gasteiger partial charge on any atom is 0.230 e. The number of likely N-dealkylation sites (tertiary alicyclic amines) is 1. The first-order chi connectivity index (χ1) is 15.7. The molecule has 0 unspecified atom stereocenters. The van der Waals surface area contributed by atoms with E-state index in [-0.39, 0.29) is 25.0 Å². The number of hydrogen-bond acceptors (Lipinski definition) is 5. The largest absolute Gasteiger partial charge is 0.396 e. The van der Waals surface area contributed by atoms with Gasteiger partial charge < -0.3 is 19.6 Å². The van der Waals surface area contributed by atoms with E-state index < -0.39 is 0 Å². The molecule has 0 bridgehead atoms. The van der Waals surface area contributed by atoms with Gasteiger partial charge in [-0.3, -0.25) is 4.79 Å². The molecule has 1 aliphatic heterocycles. The summed E-state index contributed by atoms with van der Waals surface area (Å²) in [4.78, 5) is 27.7. The van der Waals surface area contributed by atoms with Gasteiger partial charge in [-0.1, -0.05) is 0 Å². The third-order valence-corrected chi connectivity index (χ3v) is 7.40. The summed E-state index contributed by atoms with van der Waals surface area (Å²) in [7, 11) is 0. The van der Waals surface area contributed by atoms with Crippen LogP contribution < -0.4 is 0 Å². The standard InChI is InChI=1S/C24H30N6O2/c25-9-5-16-1-3-18(4-2-16)30-21(13-22(32)29-11-7-17(15-31)8-12-29)28-20-14-27-24-19(23(20)30)6-10-26-24/h6,10,14,16-18,31H,1-5,7-8,11-13,15H2,(H,26,27). The van der Waals surface area contributed by atoms with E-state index in [4.69, 9.17) is 10.2 Å². The molecule has 8 nitrogen and oxygen atoms in total. The van der Waals surface area contributed by atoms with E-state index in [1.165, 1.54) is 0 Å². The zero-order valence-electron chi connectivity index (χ0n) is 18.3. The molecule has 1 aliphatic carbocycles. The summed E-state index contributed by atoms with van der Waals surface area (Å²) in [6, 6.07) is 4.63. The van der Waals surface area contributed by atoms with Crippen LogP contribution in [0.1, 0.15) is 56.8 Å². The predicted molar refractivity (Wildman–Crippen MR) is 121 cm³/mol. The summed E-state index contributed by atoms with van der Waals surface area (Å²) in [5.74, 6) is 1.70. The molecule has 4 heterocycles. The monoisotopic (exact) mass is 434 g/mol. The van der Waals surface area contributed by atoms with Crippen molar-refractivity contribution in [3.05, 3.63) is 24.3 Å². The zero-order valence-corrected chi connectivity index (χ0v) is 18.3. The first kappa shape index (κ1) is 21.0. The van der Waals surface area contributed by atoms with Crippen LogP contribution in [-0.2, 0) is 11.2 Å². The molecular weight excluding hydrogens is 404 g/mol. The van der Waals surface area contributed by atoms with Gasteiger partial charge in [-0.2, -0.15) is 5.26 Å². The minimum absolute atomic E-state index is 0.106. The highest BCUT2D eigenvalue weighted by Crippen LogP contribution is 2.38. The number of aliphatic hydroxyl groups is 1. The van der Waals surface area contributed by atoms with Crippen LogP contribution in [0.3, 0.4) is 0 Å². The average molecular weight is 435 g/mol. The highest BCUT2D eigenvalue weighted by Gasteiger charge is 2.29. The van der Waals surface area contributed by atoms with Crippen LogP contribution in [0.5, 0.6) is 0 Å². The number of hydrogen-bond donors (Lipinski definition) is 2. The fraction of sp³-hybridized carbons (Fsp3) is 0.583. The number of nitrogens with zero attached hydrogens (tertiary/aromatic N) is 5. The lowest BCUT2D eigenvalue weighted by Crippen LogP contribution is -2.40. The van der Waals surface area contributed by atoms with Crippen LogP contribution in [0.15, 0.2) is 18.5 Å².